The number of hydrogen-bond acceptors (Lipinski definition) is 7. The van der Waals surface area contributed by atoms with Crippen molar-refractivity contribution >= 4 is 10.0 Å². The summed E-state index contributed by atoms with van der Waals surface area (Å²) in [4.78, 5) is 3.95. The van der Waals surface area contributed by atoms with E-state index in [2.05, 4.69) is 29.8 Å². The summed E-state index contributed by atoms with van der Waals surface area (Å²) in [6.45, 7) is 1.52. The molecule has 0 fully saturated rings. The molecule has 0 atom stereocenters. The highest BCUT2D eigenvalue weighted by molar-refractivity contribution is 7.89. The molecule has 2 aromatic heterocycles. The van der Waals surface area contributed by atoms with Gasteiger partial charge in [0, 0.05) is 25.7 Å². The van der Waals surface area contributed by atoms with E-state index in [9.17, 15) is 8.42 Å². The number of hydrogen-bond donors (Lipinski definition) is 2. The van der Waals surface area contributed by atoms with Crippen LogP contribution in [0.3, 0.4) is 0 Å². The normalized spacial score (nSPS) is 11.8. The summed E-state index contributed by atoms with van der Waals surface area (Å²) in [5, 5.41) is 10.6. The summed E-state index contributed by atoms with van der Waals surface area (Å²) in [6, 6.07) is 0. The fourth-order valence-corrected chi connectivity index (χ4v) is 2.50. The molecule has 0 unspecified atom stereocenters. The van der Waals surface area contributed by atoms with Gasteiger partial charge in [0.15, 0.2) is 5.82 Å². The van der Waals surface area contributed by atoms with Crippen molar-refractivity contribution in [1.29, 1.82) is 0 Å². The second-order valence-electron chi connectivity index (χ2n) is 4.04. The standard InChI is InChI=1S/C10H16N6O3S/c1-11-4-5-16-7-9(6-13-16)20(17,18)14-3-2-10-12-8-19-15-10/h6-8,11,14H,2-5H2,1H3. The first-order valence-electron chi connectivity index (χ1n) is 6.04. The van der Waals surface area contributed by atoms with E-state index in [0.29, 0.717) is 25.3 Å². The molecule has 0 aromatic carbocycles. The van der Waals surface area contributed by atoms with Crippen molar-refractivity contribution < 1.29 is 12.9 Å². The molecule has 10 heteroatoms. The van der Waals surface area contributed by atoms with E-state index in [-0.39, 0.29) is 11.4 Å². The molecule has 2 N–H and O–H groups in total. The summed E-state index contributed by atoms with van der Waals surface area (Å²) >= 11 is 0. The topological polar surface area (TPSA) is 115 Å². The molecule has 0 saturated heterocycles. The molecular weight excluding hydrogens is 284 g/mol. The van der Waals surface area contributed by atoms with Gasteiger partial charge in [0.2, 0.25) is 16.4 Å². The molecule has 2 rings (SSSR count). The molecule has 0 aliphatic rings. The Balaban J connectivity index is 1.90. The largest absolute Gasteiger partial charge is 0.343 e. The number of nitrogens with zero attached hydrogens (tertiary/aromatic N) is 4. The number of likely N-dealkylation sites (N-methyl/N-ethyl adjacent to an activating group) is 1. The van der Waals surface area contributed by atoms with Crippen molar-refractivity contribution in [3.8, 4) is 0 Å². The van der Waals surface area contributed by atoms with Crippen LogP contribution >= 0.6 is 0 Å². The minimum Gasteiger partial charge on any atom is -0.343 e. The predicted molar refractivity (Wildman–Crippen MR) is 69.3 cm³/mol. The average molecular weight is 300 g/mol. The molecule has 0 aliphatic heterocycles. The molecule has 0 amide bonds. The maximum atomic E-state index is 12.0. The second kappa shape index (κ2) is 6.59. The molecule has 0 radical (unpaired) electrons. The van der Waals surface area contributed by atoms with Gasteiger partial charge in [0.05, 0.1) is 12.7 Å². The van der Waals surface area contributed by atoms with Gasteiger partial charge in [-0.1, -0.05) is 5.16 Å². The van der Waals surface area contributed by atoms with Crippen molar-refractivity contribution in [1.82, 2.24) is 30.0 Å². The van der Waals surface area contributed by atoms with Crippen LogP contribution in [-0.2, 0) is 23.0 Å². The van der Waals surface area contributed by atoms with Gasteiger partial charge in [-0.05, 0) is 7.05 Å². The molecule has 2 aromatic rings. The smallest absolute Gasteiger partial charge is 0.243 e. The molecular formula is C10H16N6O3S. The van der Waals surface area contributed by atoms with E-state index in [1.807, 2.05) is 7.05 Å². The van der Waals surface area contributed by atoms with E-state index in [1.54, 1.807) is 4.68 Å². The van der Waals surface area contributed by atoms with Crippen molar-refractivity contribution in [2.75, 3.05) is 20.1 Å². The lowest BCUT2D eigenvalue weighted by Crippen LogP contribution is -2.26. The summed E-state index contributed by atoms with van der Waals surface area (Å²) in [6.07, 6.45) is 4.39. The third kappa shape index (κ3) is 3.85. The van der Waals surface area contributed by atoms with E-state index >= 15 is 0 Å². The Morgan fingerprint density at radius 1 is 1.40 bits per heavy atom. The highest BCUT2D eigenvalue weighted by atomic mass is 32.2. The zero-order valence-electron chi connectivity index (χ0n) is 11.0. The number of aromatic nitrogens is 4. The van der Waals surface area contributed by atoms with Crippen LogP contribution in [0.1, 0.15) is 5.82 Å². The van der Waals surface area contributed by atoms with Crippen LogP contribution in [0.15, 0.2) is 28.2 Å². The second-order valence-corrected chi connectivity index (χ2v) is 5.80. The maximum Gasteiger partial charge on any atom is 0.243 e. The van der Waals surface area contributed by atoms with E-state index in [4.69, 9.17) is 0 Å². The molecule has 20 heavy (non-hydrogen) atoms. The van der Waals surface area contributed by atoms with Crippen molar-refractivity contribution in [2.45, 2.75) is 17.9 Å². The van der Waals surface area contributed by atoms with Crippen LogP contribution in [-0.4, -0.2) is 48.5 Å². The Morgan fingerprint density at radius 3 is 2.95 bits per heavy atom. The van der Waals surface area contributed by atoms with Crippen LogP contribution in [0.4, 0.5) is 0 Å². The van der Waals surface area contributed by atoms with Crippen LogP contribution in [0.2, 0.25) is 0 Å². The first kappa shape index (κ1) is 14.6. The molecule has 0 saturated carbocycles. The predicted octanol–water partition coefficient (Wildman–Crippen LogP) is -0.993. The van der Waals surface area contributed by atoms with E-state index in [0.717, 1.165) is 0 Å². The molecule has 0 spiro atoms. The van der Waals surface area contributed by atoms with Gasteiger partial charge in [0.1, 0.15) is 4.90 Å². The third-order valence-corrected chi connectivity index (χ3v) is 3.97. The molecule has 0 aliphatic carbocycles. The zero-order valence-corrected chi connectivity index (χ0v) is 11.8. The lowest BCUT2D eigenvalue weighted by molar-refractivity contribution is 0.410. The van der Waals surface area contributed by atoms with E-state index < -0.39 is 10.0 Å². The lowest BCUT2D eigenvalue weighted by atomic mass is 10.4. The van der Waals surface area contributed by atoms with Crippen molar-refractivity contribution in [2.24, 2.45) is 0 Å². The van der Waals surface area contributed by atoms with Gasteiger partial charge in [-0.3, -0.25) is 4.68 Å². The Bertz CT molecular complexity index is 621. The average Bonchev–Trinajstić information content (AvgIpc) is 3.07. The van der Waals surface area contributed by atoms with Crippen molar-refractivity contribution in [3.05, 3.63) is 24.6 Å². The van der Waals surface area contributed by atoms with Crippen LogP contribution in [0.5, 0.6) is 0 Å². The Morgan fingerprint density at radius 2 is 2.25 bits per heavy atom. The molecule has 2 heterocycles. The highest BCUT2D eigenvalue weighted by Gasteiger charge is 2.16. The Kier molecular flexibility index (Phi) is 4.82. The Labute approximate surface area is 116 Å². The third-order valence-electron chi connectivity index (χ3n) is 2.56. The lowest BCUT2D eigenvalue weighted by Gasteiger charge is -2.02. The maximum absolute atomic E-state index is 12.0. The quantitative estimate of drug-likeness (QED) is 0.643. The molecule has 110 valence electrons. The van der Waals surface area contributed by atoms with Crippen LogP contribution in [0, 0.1) is 0 Å². The minimum absolute atomic E-state index is 0.140. The summed E-state index contributed by atoms with van der Waals surface area (Å²) < 4.78 is 32.6. The van der Waals surface area contributed by atoms with Gasteiger partial charge in [-0.2, -0.15) is 10.1 Å². The number of rotatable bonds is 8. The Hall–Kier alpha value is -1.78. The summed E-state index contributed by atoms with van der Waals surface area (Å²) in [7, 11) is -1.74. The fraction of sp³-hybridized carbons (Fsp3) is 0.500. The summed E-state index contributed by atoms with van der Waals surface area (Å²) in [5.41, 5.74) is 0. The SMILES string of the molecule is CNCCn1cc(S(=O)(=O)NCCc2ncon2)cn1. The highest BCUT2D eigenvalue weighted by Crippen LogP contribution is 2.06. The number of sulfonamides is 1. The van der Waals surface area contributed by atoms with Crippen LogP contribution in [0.25, 0.3) is 0 Å². The van der Waals surface area contributed by atoms with Gasteiger partial charge < -0.3 is 9.84 Å². The van der Waals surface area contributed by atoms with Crippen molar-refractivity contribution in [3.63, 3.8) is 0 Å². The summed E-state index contributed by atoms with van der Waals surface area (Å²) in [5.74, 6) is 0.456. The monoisotopic (exact) mass is 300 g/mol. The van der Waals surface area contributed by atoms with Crippen LogP contribution < -0.4 is 10.0 Å². The zero-order chi connectivity index (χ0) is 14.4. The van der Waals surface area contributed by atoms with E-state index in [1.165, 1.54) is 18.8 Å². The minimum atomic E-state index is -3.56. The fourth-order valence-electron chi connectivity index (χ4n) is 1.52. The van der Waals surface area contributed by atoms with Gasteiger partial charge in [0.25, 0.3) is 0 Å². The number of nitrogens with one attached hydrogen (secondary N) is 2. The molecule has 0 bridgehead atoms. The molecule has 9 nitrogen and oxygen atoms in total. The van der Waals surface area contributed by atoms with Gasteiger partial charge in [-0.25, -0.2) is 13.1 Å². The van der Waals surface area contributed by atoms with Gasteiger partial charge >= 0.3 is 0 Å². The first-order valence-corrected chi connectivity index (χ1v) is 7.52. The first-order chi connectivity index (χ1) is 9.62. The van der Waals surface area contributed by atoms with Gasteiger partial charge in [-0.15, -0.1) is 0 Å².